The van der Waals surface area contributed by atoms with Gasteiger partial charge < -0.3 is 14.8 Å². The van der Waals surface area contributed by atoms with E-state index in [0.29, 0.717) is 6.04 Å². The lowest BCUT2D eigenvalue weighted by molar-refractivity contribution is 0.0768. The lowest BCUT2D eigenvalue weighted by Gasteiger charge is -2.25. The van der Waals surface area contributed by atoms with Crippen LogP contribution in [0.25, 0.3) is 0 Å². The van der Waals surface area contributed by atoms with Crippen molar-refractivity contribution >= 4 is 0 Å². The number of hydrogen-bond acceptors (Lipinski definition) is 3. The fraction of sp³-hybridized carbons (Fsp3) is 0.538. The van der Waals surface area contributed by atoms with Gasteiger partial charge >= 0.3 is 0 Å². The SMILES string of the molecule is COc1c(C)cc(C2COCCN2)cc1C. The fourth-order valence-electron chi connectivity index (χ4n) is 2.29. The van der Waals surface area contributed by atoms with E-state index < -0.39 is 0 Å². The molecule has 1 atom stereocenters. The van der Waals surface area contributed by atoms with Gasteiger partial charge in [-0.2, -0.15) is 0 Å². The van der Waals surface area contributed by atoms with Crippen LogP contribution >= 0.6 is 0 Å². The van der Waals surface area contributed by atoms with Gasteiger partial charge in [-0.3, -0.25) is 0 Å². The zero-order valence-corrected chi connectivity index (χ0v) is 10.2. The van der Waals surface area contributed by atoms with Crippen molar-refractivity contribution in [1.29, 1.82) is 0 Å². The van der Waals surface area contributed by atoms with E-state index in [1.807, 2.05) is 0 Å². The number of rotatable bonds is 2. The van der Waals surface area contributed by atoms with Crippen molar-refractivity contribution in [2.75, 3.05) is 26.9 Å². The van der Waals surface area contributed by atoms with E-state index >= 15 is 0 Å². The predicted octanol–water partition coefficient (Wildman–Crippen LogP) is 1.97. The Labute approximate surface area is 96.8 Å². The van der Waals surface area contributed by atoms with E-state index in [-0.39, 0.29) is 0 Å². The maximum Gasteiger partial charge on any atom is 0.124 e. The molecule has 3 heteroatoms. The van der Waals surface area contributed by atoms with E-state index in [1.165, 1.54) is 16.7 Å². The van der Waals surface area contributed by atoms with Crippen LogP contribution in [0.1, 0.15) is 22.7 Å². The van der Waals surface area contributed by atoms with Crippen LogP contribution in [0.3, 0.4) is 0 Å². The van der Waals surface area contributed by atoms with Crippen molar-refractivity contribution in [1.82, 2.24) is 5.32 Å². The van der Waals surface area contributed by atoms with Crippen LogP contribution in [-0.2, 0) is 4.74 Å². The zero-order chi connectivity index (χ0) is 11.5. The summed E-state index contributed by atoms with van der Waals surface area (Å²) < 4.78 is 10.8. The van der Waals surface area contributed by atoms with Gasteiger partial charge in [0.15, 0.2) is 0 Å². The van der Waals surface area contributed by atoms with Gasteiger partial charge in [-0.05, 0) is 30.5 Å². The minimum atomic E-state index is 0.317. The van der Waals surface area contributed by atoms with Gasteiger partial charge in [0.1, 0.15) is 5.75 Å². The normalized spacial score (nSPS) is 20.8. The van der Waals surface area contributed by atoms with Crippen molar-refractivity contribution in [2.45, 2.75) is 19.9 Å². The van der Waals surface area contributed by atoms with Gasteiger partial charge in [0.05, 0.1) is 26.4 Å². The molecule has 1 aromatic carbocycles. The molecule has 1 unspecified atom stereocenters. The molecular formula is C13H19NO2. The van der Waals surface area contributed by atoms with Gasteiger partial charge in [0.2, 0.25) is 0 Å². The van der Waals surface area contributed by atoms with Crippen LogP contribution in [-0.4, -0.2) is 26.9 Å². The molecule has 0 spiro atoms. The molecule has 1 N–H and O–H groups in total. The molecule has 1 heterocycles. The molecule has 0 saturated carbocycles. The monoisotopic (exact) mass is 221 g/mol. The first-order valence-corrected chi connectivity index (χ1v) is 5.68. The minimum Gasteiger partial charge on any atom is -0.496 e. The summed E-state index contributed by atoms with van der Waals surface area (Å²) in [6.07, 6.45) is 0. The van der Waals surface area contributed by atoms with Crippen LogP contribution in [0.2, 0.25) is 0 Å². The molecule has 1 aliphatic heterocycles. The highest BCUT2D eigenvalue weighted by molar-refractivity contribution is 5.44. The van der Waals surface area contributed by atoms with Gasteiger partial charge in [-0.1, -0.05) is 12.1 Å². The number of benzene rings is 1. The highest BCUT2D eigenvalue weighted by Crippen LogP contribution is 2.27. The molecule has 0 aromatic heterocycles. The molecule has 16 heavy (non-hydrogen) atoms. The third-order valence-electron chi connectivity index (χ3n) is 3.01. The minimum absolute atomic E-state index is 0.317. The smallest absolute Gasteiger partial charge is 0.124 e. The van der Waals surface area contributed by atoms with Crippen molar-refractivity contribution < 1.29 is 9.47 Å². The van der Waals surface area contributed by atoms with E-state index in [1.54, 1.807) is 7.11 Å². The molecule has 1 aliphatic rings. The molecule has 0 aliphatic carbocycles. The first-order chi connectivity index (χ1) is 7.72. The van der Waals surface area contributed by atoms with E-state index in [0.717, 1.165) is 25.5 Å². The van der Waals surface area contributed by atoms with Crippen LogP contribution in [0.5, 0.6) is 5.75 Å². The summed E-state index contributed by atoms with van der Waals surface area (Å²) in [4.78, 5) is 0. The number of ether oxygens (including phenoxy) is 2. The Morgan fingerprint density at radius 1 is 1.31 bits per heavy atom. The second-order valence-corrected chi connectivity index (χ2v) is 4.27. The Kier molecular flexibility index (Phi) is 3.46. The fourth-order valence-corrected chi connectivity index (χ4v) is 2.29. The van der Waals surface area contributed by atoms with Crippen molar-refractivity contribution in [3.63, 3.8) is 0 Å². The molecule has 88 valence electrons. The Bertz CT molecular complexity index is 347. The van der Waals surface area contributed by atoms with Crippen LogP contribution in [0.4, 0.5) is 0 Å². The number of morpholine rings is 1. The highest BCUT2D eigenvalue weighted by Gasteiger charge is 2.17. The average molecular weight is 221 g/mol. The molecule has 1 fully saturated rings. The number of aryl methyl sites for hydroxylation is 2. The average Bonchev–Trinajstić information content (AvgIpc) is 2.30. The first-order valence-electron chi connectivity index (χ1n) is 5.68. The van der Waals surface area contributed by atoms with Crippen LogP contribution < -0.4 is 10.1 Å². The summed E-state index contributed by atoms with van der Waals surface area (Å²) >= 11 is 0. The summed E-state index contributed by atoms with van der Waals surface area (Å²) in [5.41, 5.74) is 3.66. The third kappa shape index (κ3) is 2.20. The Balaban J connectivity index is 2.28. The summed E-state index contributed by atoms with van der Waals surface area (Å²) in [5.74, 6) is 0.987. The second-order valence-electron chi connectivity index (χ2n) is 4.27. The van der Waals surface area contributed by atoms with E-state index in [2.05, 4.69) is 31.3 Å². The van der Waals surface area contributed by atoms with Crippen LogP contribution in [0, 0.1) is 13.8 Å². The molecule has 3 nitrogen and oxygen atoms in total. The first kappa shape index (κ1) is 11.4. The Morgan fingerprint density at radius 3 is 2.50 bits per heavy atom. The molecule has 0 amide bonds. The lowest BCUT2D eigenvalue weighted by atomic mass is 10.00. The van der Waals surface area contributed by atoms with Gasteiger partial charge in [0.25, 0.3) is 0 Å². The van der Waals surface area contributed by atoms with Gasteiger partial charge in [0, 0.05) is 6.54 Å². The zero-order valence-electron chi connectivity index (χ0n) is 10.2. The molecule has 0 bridgehead atoms. The number of methoxy groups -OCH3 is 1. The van der Waals surface area contributed by atoms with Crippen molar-refractivity contribution in [3.05, 3.63) is 28.8 Å². The third-order valence-corrected chi connectivity index (χ3v) is 3.01. The maximum absolute atomic E-state index is 5.48. The van der Waals surface area contributed by atoms with Crippen molar-refractivity contribution in [2.24, 2.45) is 0 Å². The summed E-state index contributed by atoms with van der Waals surface area (Å²) in [6, 6.07) is 4.67. The quantitative estimate of drug-likeness (QED) is 0.828. The number of nitrogens with one attached hydrogen (secondary N) is 1. The Hall–Kier alpha value is -1.06. The summed E-state index contributed by atoms with van der Waals surface area (Å²) in [7, 11) is 1.72. The molecule has 0 radical (unpaired) electrons. The summed E-state index contributed by atoms with van der Waals surface area (Å²) in [6.45, 7) is 6.66. The summed E-state index contributed by atoms with van der Waals surface area (Å²) in [5, 5.41) is 3.46. The molecular weight excluding hydrogens is 202 g/mol. The highest BCUT2D eigenvalue weighted by atomic mass is 16.5. The van der Waals surface area contributed by atoms with Crippen molar-refractivity contribution in [3.8, 4) is 5.75 Å². The molecule has 1 saturated heterocycles. The number of hydrogen-bond donors (Lipinski definition) is 1. The van der Waals surface area contributed by atoms with Gasteiger partial charge in [-0.25, -0.2) is 0 Å². The maximum atomic E-state index is 5.48. The van der Waals surface area contributed by atoms with E-state index in [9.17, 15) is 0 Å². The van der Waals surface area contributed by atoms with Crippen LogP contribution in [0.15, 0.2) is 12.1 Å². The molecule has 2 rings (SSSR count). The topological polar surface area (TPSA) is 30.5 Å². The standard InChI is InChI=1S/C13H19NO2/c1-9-6-11(7-10(2)13(9)15-3)12-8-16-5-4-14-12/h6-7,12,14H,4-5,8H2,1-3H3. The van der Waals surface area contributed by atoms with Gasteiger partial charge in [-0.15, -0.1) is 0 Å². The predicted molar refractivity (Wildman–Crippen MR) is 64.0 cm³/mol. The second kappa shape index (κ2) is 4.85. The lowest BCUT2D eigenvalue weighted by Crippen LogP contribution is -2.34. The Morgan fingerprint density at radius 2 is 2.00 bits per heavy atom. The molecule has 1 aromatic rings. The largest absolute Gasteiger partial charge is 0.496 e. The van der Waals surface area contributed by atoms with E-state index in [4.69, 9.17) is 9.47 Å².